The van der Waals surface area contributed by atoms with Gasteiger partial charge in [0.15, 0.2) is 0 Å². The number of benzene rings is 1. The maximum atomic E-state index is 13.4. The van der Waals surface area contributed by atoms with Crippen LogP contribution in [-0.2, 0) is 14.9 Å². The smallest absolute Gasteiger partial charge is 0.233 e. The Kier molecular flexibility index (Phi) is 5.95. The van der Waals surface area contributed by atoms with Crippen LogP contribution in [-0.4, -0.2) is 43.7 Å². The molecule has 4 nitrogen and oxygen atoms in total. The molecule has 24 heavy (non-hydrogen) atoms. The van der Waals surface area contributed by atoms with Crippen molar-refractivity contribution >= 4 is 18.3 Å². The lowest BCUT2D eigenvalue weighted by Gasteiger charge is -2.39. The van der Waals surface area contributed by atoms with Crippen LogP contribution in [0.4, 0.5) is 0 Å². The number of nitrogens with zero attached hydrogens (tertiary/aromatic N) is 1. The Labute approximate surface area is 151 Å². The first-order chi connectivity index (χ1) is 11.0. The third kappa shape index (κ3) is 3.46. The van der Waals surface area contributed by atoms with Gasteiger partial charge in [-0.1, -0.05) is 36.8 Å². The standard InChI is InChI=1S/C19H28N2O2.ClH/c1-15-3-5-16(6-4-15)19(8-11-23-12-9-19)17(22)21-10-7-18(2,13-20)14-21;/h3-6H,7-14,20H2,1-2H3;1H. The maximum Gasteiger partial charge on any atom is 0.233 e. The van der Waals surface area contributed by atoms with E-state index in [-0.39, 0.29) is 23.7 Å². The van der Waals surface area contributed by atoms with Gasteiger partial charge in [-0.05, 0) is 43.7 Å². The predicted octanol–water partition coefficient (Wildman–Crippen LogP) is 2.66. The summed E-state index contributed by atoms with van der Waals surface area (Å²) in [7, 11) is 0. The molecule has 2 aliphatic heterocycles. The van der Waals surface area contributed by atoms with Crippen molar-refractivity contribution in [2.75, 3.05) is 32.8 Å². The lowest BCUT2D eigenvalue weighted by atomic mass is 9.72. The topological polar surface area (TPSA) is 55.6 Å². The lowest BCUT2D eigenvalue weighted by molar-refractivity contribution is -0.140. The van der Waals surface area contributed by atoms with Crippen molar-refractivity contribution in [2.45, 2.75) is 38.5 Å². The van der Waals surface area contributed by atoms with Crippen molar-refractivity contribution < 1.29 is 9.53 Å². The summed E-state index contributed by atoms with van der Waals surface area (Å²) in [6, 6.07) is 8.45. The number of halogens is 1. The zero-order chi connectivity index (χ0) is 16.5. The van der Waals surface area contributed by atoms with Gasteiger partial charge >= 0.3 is 0 Å². The van der Waals surface area contributed by atoms with Crippen LogP contribution in [0.2, 0.25) is 0 Å². The van der Waals surface area contributed by atoms with E-state index in [9.17, 15) is 4.79 Å². The summed E-state index contributed by atoms with van der Waals surface area (Å²) in [5.74, 6) is 0.266. The van der Waals surface area contributed by atoms with Gasteiger partial charge < -0.3 is 15.4 Å². The SMILES string of the molecule is Cc1ccc(C2(C(=O)N3CCC(C)(CN)C3)CCOCC2)cc1.Cl. The first-order valence-electron chi connectivity index (χ1n) is 8.63. The number of rotatable bonds is 3. The van der Waals surface area contributed by atoms with Gasteiger partial charge in [0, 0.05) is 26.3 Å². The molecule has 1 atom stereocenters. The van der Waals surface area contributed by atoms with Gasteiger partial charge in [0.25, 0.3) is 0 Å². The van der Waals surface area contributed by atoms with Gasteiger partial charge in [-0.25, -0.2) is 0 Å². The Hall–Kier alpha value is -1.10. The molecule has 1 amide bonds. The van der Waals surface area contributed by atoms with E-state index in [1.54, 1.807) is 0 Å². The highest BCUT2D eigenvalue weighted by atomic mass is 35.5. The third-order valence-corrected chi connectivity index (χ3v) is 5.70. The summed E-state index contributed by atoms with van der Waals surface area (Å²) in [5.41, 5.74) is 7.91. The van der Waals surface area contributed by atoms with E-state index in [0.29, 0.717) is 19.8 Å². The van der Waals surface area contributed by atoms with E-state index in [2.05, 4.69) is 38.1 Å². The number of likely N-dealkylation sites (tertiary alicyclic amines) is 1. The normalized spacial score (nSPS) is 26.0. The third-order valence-electron chi connectivity index (χ3n) is 5.70. The van der Waals surface area contributed by atoms with Gasteiger partial charge in [-0.3, -0.25) is 4.79 Å². The fraction of sp³-hybridized carbons (Fsp3) is 0.632. The summed E-state index contributed by atoms with van der Waals surface area (Å²) >= 11 is 0. The van der Waals surface area contributed by atoms with Gasteiger partial charge in [0.1, 0.15) is 0 Å². The molecule has 1 aromatic rings. The fourth-order valence-electron chi connectivity index (χ4n) is 3.88. The van der Waals surface area contributed by atoms with Crippen molar-refractivity contribution in [2.24, 2.45) is 11.1 Å². The summed E-state index contributed by atoms with van der Waals surface area (Å²) in [6.45, 7) is 7.80. The van der Waals surface area contributed by atoms with Crippen LogP contribution < -0.4 is 5.73 Å². The zero-order valence-electron chi connectivity index (χ0n) is 14.7. The summed E-state index contributed by atoms with van der Waals surface area (Å²) in [4.78, 5) is 15.5. The molecule has 5 heteroatoms. The highest BCUT2D eigenvalue weighted by molar-refractivity contribution is 5.88. The highest BCUT2D eigenvalue weighted by Gasteiger charge is 2.47. The van der Waals surface area contributed by atoms with Gasteiger partial charge in [0.2, 0.25) is 5.91 Å². The fourth-order valence-corrected chi connectivity index (χ4v) is 3.88. The molecule has 2 aliphatic rings. The van der Waals surface area contributed by atoms with Crippen LogP contribution in [0.5, 0.6) is 0 Å². The molecule has 0 spiro atoms. The van der Waals surface area contributed by atoms with E-state index < -0.39 is 5.41 Å². The van der Waals surface area contributed by atoms with E-state index in [1.165, 1.54) is 5.56 Å². The number of hydrogen-bond donors (Lipinski definition) is 1. The van der Waals surface area contributed by atoms with E-state index in [4.69, 9.17) is 10.5 Å². The predicted molar refractivity (Wildman–Crippen MR) is 98.5 cm³/mol. The minimum Gasteiger partial charge on any atom is -0.381 e. The van der Waals surface area contributed by atoms with Crippen LogP contribution in [0.15, 0.2) is 24.3 Å². The van der Waals surface area contributed by atoms with Crippen molar-refractivity contribution in [1.82, 2.24) is 4.90 Å². The van der Waals surface area contributed by atoms with Crippen molar-refractivity contribution in [3.05, 3.63) is 35.4 Å². The van der Waals surface area contributed by atoms with Crippen molar-refractivity contribution in [3.63, 3.8) is 0 Å². The molecule has 0 bridgehead atoms. The molecular formula is C19H29ClN2O2. The summed E-state index contributed by atoms with van der Waals surface area (Å²) in [5, 5.41) is 0. The van der Waals surface area contributed by atoms with Crippen LogP contribution in [0.25, 0.3) is 0 Å². The number of hydrogen-bond acceptors (Lipinski definition) is 3. The first kappa shape index (κ1) is 19.2. The zero-order valence-corrected chi connectivity index (χ0v) is 15.5. The Morgan fingerprint density at radius 2 is 1.83 bits per heavy atom. The quantitative estimate of drug-likeness (QED) is 0.909. The number of carbonyl (C=O) groups is 1. The molecule has 2 saturated heterocycles. The molecule has 1 unspecified atom stereocenters. The molecule has 0 aliphatic carbocycles. The molecule has 2 fully saturated rings. The highest BCUT2D eigenvalue weighted by Crippen LogP contribution is 2.39. The average molecular weight is 353 g/mol. The Bertz CT molecular complexity index is 569. The molecule has 0 radical (unpaired) electrons. The monoisotopic (exact) mass is 352 g/mol. The number of carbonyl (C=O) groups excluding carboxylic acids is 1. The minimum atomic E-state index is -0.425. The molecule has 2 N–H and O–H groups in total. The summed E-state index contributed by atoms with van der Waals surface area (Å²) < 4.78 is 5.55. The van der Waals surface area contributed by atoms with Crippen molar-refractivity contribution in [3.8, 4) is 0 Å². The number of nitrogens with two attached hydrogens (primary N) is 1. The Morgan fingerprint density at radius 1 is 1.21 bits per heavy atom. The number of amides is 1. The Morgan fingerprint density at radius 3 is 2.38 bits per heavy atom. The van der Waals surface area contributed by atoms with Crippen LogP contribution in [0, 0.1) is 12.3 Å². The maximum absolute atomic E-state index is 13.4. The largest absolute Gasteiger partial charge is 0.381 e. The van der Waals surface area contributed by atoms with Gasteiger partial charge in [-0.2, -0.15) is 0 Å². The second-order valence-corrected chi connectivity index (χ2v) is 7.55. The molecule has 3 rings (SSSR count). The minimum absolute atomic E-state index is 0. The molecular weight excluding hydrogens is 324 g/mol. The number of aryl methyl sites for hydroxylation is 1. The van der Waals surface area contributed by atoms with E-state index >= 15 is 0 Å². The van der Waals surface area contributed by atoms with Gasteiger partial charge in [-0.15, -0.1) is 12.4 Å². The van der Waals surface area contributed by atoms with Crippen LogP contribution in [0.1, 0.15) is 37.3 Å². The first-order valence-corrected chi connectivity index (χ1v) is 8.63. The lowest BCUT2D eigenvalue weighted by Crippen LogP contribution is -2.50. The second kappa shape index (κ2) is 7.42. The molecule has 134 valence electrons. The van der Waals surface area contributed by atoms with E-state index in [0.717, 1.165) is 37.9 Å². The molecule has 1 aromatic carbocycles. The van der Waals surface area contributed by atoms with Crippen LogP contribution in [0.3, 0.4) is 0 Å². The van der Waals surface area contributed by atoms with E-state index in [1.807, 2.05) is 4.90 Å². The molecule has 0 saturated carbocycles. The summed E-state index contributed by atoms with van der Waals surface area (Å²) in [6.07, 6.45) is 2.53. The second-order valence-electron chi connectivity index (χ2n) is 7.55. The Balaban J connectivity index is 0.00000208. The molecule has 0 aromatic heterocycles. The van der Waals surface area contributed by atoms with Crippen LogP contribution >= 0.6 is 12.4 Å². The van der Waals surface area contributed by atoms with Crippen molar-refractivity contribution in [1.29, 1.82) is 0 Å². The van der Waals surface area contributed by atoms with Gasteiger partial charge in [0.05, 0.1) is 5.41 Å². The number of ether oxygens (including phenoxy) is 1. The average Bonchev–Trinajstić information content (AvgIpc) is 2.98. The molecule has 2 heterocycles.